The summed E-state index contributed by atoms with van der Waals surface area (Å²) in [6.07, 6.45) is 11.1. The van der Waals surface area contributed by atoms with Gasteiger partial charge < -0.3 is 47.2 Å². The molecule has 4 heterocycles. The van der Waals surface area contributed by atoms with E-state index in [1.54, 1.807) is 24.5 Å². The number of hydrogen-bond acceptors (Lipinski definition) is 12. The lowest BCUT2D eigenvalue weighted by atomic mass is 9.75. The number of unbranched alkanes of at least 4 members (excludes halogenated alkanes) is 1. The van der Waals surface area contributed by atoms with Gasteiger partial charge in [-0.1, -0.05) is 72.7 Å². The number of likely N-dealkylation sites (tertiary alicyclic amines) is 3. The highest BCUT2D eigenvalue weighted by Crippen LogP contribution is 2.37. The molecule has 3 unspecified atom stereocenters. The van der Waals surface area contributed by atoms with E-state index in [2.05, 4.69) is 90.1 Å². The average molecular weight is 1110 g/mol. The first-order valence-corrected chi connectivity index (χ1v) is 28.7. The van der Waals surface area contributed by atoms with Crippen molar-refractivity contribution in [2.24, 2.45) is 22.0 Å². The fraction of sp³-hybridized carbons (Fsp3) is 0.627. The van der Waals surface area contributed by atoms with Crippen molar-refractivity contribution in [3.63, 3.8) is 0 Å². The molecule has 3 atom stereocenters. The Morgan fingerprint density at radius 2 is 1.62 bits per heavy atom. The van der Waals surface area contributed by atoms with Gasteiger partial charge >= 0.3 is 0 Å². The fourth-order valence-corrected chi connectivity index (χ4v) is 9.92. The molecule has 3 aliphatic heterocycles. The minimum absolute atomic E-state index is 0.0143. The van der Waals surface area contributed by atoms with Crippen LogP contribution >= 0.6 is 11.3 Å². The predicted octanol–water partition coefficient (Wildman–Crippen LogP) is 9.49. The molecule has 0 aliphatic carbocycles. The van der Waals surface area contributed by atoms with Gasteiger partial charge in [0.2, 0.25) is 24.6 Å². The van der Waals surface area contributed by atoms with Crippen molar-refractivity contribution in [1.29, 1.82) is 5.41 Å². The zero-order valence-electron chi connectivity index (χ0n) is 49.3. The summed E-state index contributed by atoms with van der Waals surface area (Å²) in [7, 11) is 2.79. The third-order valence-corrected chi connectivity index (χ3v) is 15.9. The van der Waals surface area contributed by atoms with Crippen LogP contribution in [0.5, 0.6) is 0 Å². The molecule has 0 saturated carbocycles. The molecular weight excluding hydrogens is 1010 g/mol. The van der Waals surface area contributed by atoms with E-state index in [1.165, 1.54) is 35.4 Å². The van der Waals surface area contributed by atoms with E-state index in [0.717, 1.165) is 76.5 Å². The molecule has 3 aliphatic rings. The summed E-state index contributed by atoms with van der Waals surface area (Å²) >= 11 is 1.64. The Morgan fingerprint density at radius 3 is 2.13 bits per heavy atom. The van der Waals surface area contributed by atoms with Crippen LogP contribution in [0.15, 0.2) is 53.8 Å². The smallest absolute Gasteiger partial charge is 0.220 e. The number of nitrogens with two attached hydrogens (primary N) is 1. The molecule has 3 saturated heterocycles. The number of amidine groups is 1. The highest BCUT2D eigenvalue weighted by Gasteiger charge is 2.37. The topological polar surface area (TPSA) is 221 Å². The number of benzene rings is 2. The van der Waals surface area contributed by atoms with E-state index < -0.39 is 23.0 Å². The van der Waals surface area contributed by atoms with Crippen LogP contribution in [-0.2, 0) is 25.7 Å². The number of primary amides is 1. The SMILES string of the molecule is CC.CC1CCCN1C=O.CN/C(=C\C(=N)N1CCC(CNc2cc(F)c(CN3CCC(C)(C)CC3)cc2F)(CC(N)=O)CC1)NCCCCC(=O)NC(C)C(C)(C)C.CO.Cc1ncsc1-c1ccc(C(C)NC=O)cc1. The number of rotatable bonds is 21. The highest BCUT2D eigenvalue weighted by atomic mass is 32.1. The Labute approximate surface area is 470 Å². The number of halogens is 2. The first-order valence-electron chi connectivity index (χ1n) is 27.8. The van der Waals surface area contributed by atoms with Crippen molar-refractivity contribution in [2.75, 3.05) is 65.3 Å². The predicted molar refractivity (Wildman–Crippen MR) is 315 cm³/mol. The first-order chi connectivity index (χ1) is 37.0. The van der Waals surface area contributed by atoms with Crippen LogP contribution in [0.4, 0.5) is 14.5 Å². The molecule has 0 bridgehead atoms. The minimum atomic E-state index is -0.546. The Balaban J connectivity index is 0.000000578. The van der Waals surface area contributed by atoms with Crippen molar-refractivity contribution >= 4 is 47.5 Å². The minimum Gasteiger partial charge on any atom is -0.400 e. The van der Waals surface area contributed by atoms with Crippen molar-refractivity contribution in [1.82, 2.24) is 41.0 Å². The van der Waals surface area contributed by atoms with Crippen molar-refractivity contribution in [3.05, 3.63) is 82.3 Å². The summed E-state index contributed by atoms with van der Waals surface area (Å²) in [6.45, 7) is 27.9. The molecule has 9 N–H and O–H groups in total. The van der Waals surface area contributed by atoms with Gasteiger partial charge in [-0.3, -0.25) is 29.5 Å². The number of nitrogens with zero attached hydrogens (tertiary/aromatic N) is 4. The monoisotopic (exact) mass is 1110 g/mol. The molecule has 438 valence electrons. The van der Waals surface area contributed by atoms with E-state index in [1.807, 2.05) is 62.1 Å². The summed E-state index contributed by atoms with van der Waals surface area (Å²) in [6, 6.07) is 11.4. The number of thiazole rings is 1. The number of carbonyl (C=O) groups excluding carboxylic acids is 4. The van der Waals surface area contributed by atoms with Crippen molar-refractivity contribution < 1.29 is 33.1 Å². The molecule has 0 spiro atoms. The maximum Gasteiger partial charge on any atom is 0.220 e. The molecule has 1 aromatic heterocycles. The van der Waals surface area contributed by atoms with Crippen LogP contribution in [0.2, 0.25) is 0 Å². The Bertz CT molecular complexity index is 2310. The van der Waals surface area contributed by atoms with Crippen LogP contribution < -0.4 is 32.3 Å². The molecule has 6 rings (SSSR count). The van der Waals surface area contributed by atoms with Gasteiger partial charge in [0.1, 0.15) is 23.3 Å². The van der Waals surface area contributed by atoms with Crippen LogP contribution in [-0.4, -0.2) is 127 Å². The lowest BCUT2D eigenvalue weighted by molar-refractivity contribution is -0.122. The number of aliphatic hydroxyl groups excluding tert-OH is 1. The molecule has 4 amide bonds. The molecular formula is C59H97F2N11O5S. The van der Waals surface area contributed by atoms with Gasteiger partial charge in [-0.05, 0) is 126 Å². The standard InChI is InChI=1S/C37H62F2N8O2.C13H14N2OS.C6H11NO.C2H6.CH4O/c1-26(35(2,3)4)45-34(49)10-8-9-15-43-33(42-7)22-31(40)47-18-13-37(14-19-47,23-32(41)48)25-44-30-21-28(38)27(20-29(30)39)24-46-16-11-36(5,6)12-17-46;1-9(14-7-16)11-3-5-12(6-4-11)13-10(2)15-8-17-13;1-6-3-2-4-7(6)5-8;2*1-2/h20-22,26,40,42-44H,8-19,23-25H2,1-7H3,(H2,41,48)(H,45,49);3-9H,1-2H3,(H,14,16);5-6H,2-4H2,1H3;1-2H3;2H,1H3/b33-22+,40-31?;;;;. The van der Waals surface area contributed by atoms with Crippen molar-refractivity contribution in [3.8, 4) is 10.4 Å². The maximum atomic E-state index is 15.2. The fourth-order valence-electron chi connectivity index (χ4n) is 9.11. The second kappa shape index (κ2) is 34.4. The van der Waals surface area contributed by atoms with Gasteiger partial charge in [0.05, 0.1) is 27.8 Å². The summed E-state index contributed by atoms with van der Waals surface area (Å²) in [4.78, 5) is 56.3. The quantitative estimate of drug-likeness (QED) is 0.0217. The molecule has 19 heteroatoms. The van der Waals surface area contributed by atoms with Gasteiger partial charge in [-0.25, -0.2) is 13.8 Å². The number of aliphatic hydroxyl groups is 1. The normalized spacial score (nSPS) is 17.5. The largest absolute Gasteiger partial charge is 0.400 e. The lowest BCUT2D eigenvalue weighted by Crippen LogP contribution is -2.47. The first kappa shape index (κ1) is 68.4. The van der Waals surface area contributed by atoms with E-state index in [4.69, 9.17) is 16.2 Å². The number of aromatic nitrogens is 1. The molecule has 3 fully saturated rings. The second-order valence-electron chi connectivity index (χ2n) is 22.3. The number of aryl methyl sites for hydroxylation is 1. The van der Waals surface area contributed by atoms with Gasteiger partial charge in [-0.15, -0.1) is 11.3 Å². The van der Waals surface area contributed by atoms with Gasteiger partial charge in [0.25, 0.3) is 0 Å². The number of hydrogen-bond donors (Lipinski definition) is 8. The van der Waals surface area contributed by atoms with Crippen LogP contribution in [0.1, 0.15) is 156 Å². The zero-order chi connectivity index (χ0) is 58.6. The zero-order valence-corrected chi connectivity index (χ0v) is 50.2. The molecule has 0 radical (unpaired) electrons. The number of nitrogens with one attached hydrogen (secondary N) is 6. The maximum absolute atomic E-state index is 15.2. The summed E-state index contributed by atoms with van der Waals surface area (Å²) < 4.78 is 30.3. The Kier molecular flexibility index (Phi) is 30.2. The van der Waals surface area contributed by atoms with Crippen LogP contribution in [0.25, 0.3) is 10.4 Å². The Hall–Kier alpha value is -5.66. The van der Waals surface area contributed by atoms with Gasteiger partial charge in [-0.2, -0.15) is 0 Å². The van der Waals surface area contributed by atoms with Crippen LogP contribution in [0.3, 0.4) is 0 Å². The van der Waals surface area contributed by atoms with Crippen molar-refractivity contribution in [2.45, 2.75) is 165 Å². The van der Waals surface area contributed by atoms with Crippen LogP contribution in [0, 0.1) is 40.2 Å². The molecule has 16 nitrogen and oxygen atoms in total. The second-order valence-corrected chi connectivity index (χ2v) is 23.2. The van der Waals surface area contributed by atoms with Gasteiger partial charge in [0.15, 0.2) is 0 Å². The number of carbonyl (C=O) groups is 4. The number of anilines is 1. The van der Waals surface area contributed by atoms with E-state index in [9.17, 15) is 19.2 Å². The molecule has 3 aromatic rings. The number of piperidine rings is 2. The third-order valence-electron chi connectivity index (χ3n) is 15.0. The summed E-state index contributed by atoms with van der Waals surface area (Å²) in [5.74, 6) is -0.315. The summed E-state index contributed by atoms with van der Waals surface area (Å²) in [5.41, 5.74) is 11.0. The lowest BCUT2D eigenvalue weighted by Gasteiger charge is -2.42. The molecule has 2 aromatic carbocycles. The molecule has 78 heavy (non-hydrogen) atoms. The third kappa shape index (κ3) is 23.4. The van der Waals surface area contributed by atoms with E-state index in [-0.39, 0.29) is 47.5 Å². The van der Waals surface area contributed by atoms with E-state index >= 15 is 8.78 Å². The van der Waals surface area contributed by atoms with E-state index in [0.29, 0.717) is 68.7 Å². The van der Waals surface area contributed by atoms with Gasteiger partial charge in [0, 0.05) is 96.1 Å². The highest BCUT2D eigenvalue weighted by molar-refractivity contribution is 7.13. The average Bonchev–Trinajstić information content (AvgIpc) is 4.05. The summed E-state index contributed by atoms with van der Waals surface area (Å²) in [5, 5.41) is 31.0. The number of amides is 4. The Morgan fingerprint density at radius 1 is 0.974 bits per heavy atom.